The fraction of sp³-hybridized carbons (Fsp3) is 0.750. The molecule has 0 rings (SSSR count). The van der Waals surface area contributed by atoms with Crippen molar-refractivity contribution in [3.63, 3.8) is 0 Å². The monoisotopic (exact) mass is 151 g/mol. The van der Waals surface area contributed by atoms with Crippen molar-refractivity contribution in [2.75, 3.05) is 5.75 Å². The predicted octanol–water partition coefficient (Wildman–Crippen LogP) is -0.746. The third-order valence-corrected chi connectivity index (χ3v) is 1.51. The van der Waals surface area contributed by atoms with Gasteiger partial charge < -0.3 is 0 Å². The fourth-order valence-electron chi connectivity index (χ4n) is 0.286. The number of rotatable bonds is 3. The molecule has 0 saturated heterocycles. The van der Waals surface area contributed by atoms with Gasteiger partial charge >= 0.3 is 0 Å². The van der Waals surface area contributed by atoms with Crippen molar-refractivity contribution in [1.82, 2.24) is 0 Å². The van der Waals surface area contributed by atoms with Gasteiger partial charge in [0.05, 0.1) is 5.75 Å². The van der Waals surface area contributed by atoms with Gasteiger partial charge in [0.2, 0.25) is 10.0 Å². The first-order valence-corrected chi connectivity index (χ1v) is 4.13. The highest BCUT2D eigenvalue weighted by Crippen LogP contribution is 1.85. The highest BCUT2D eigenvalue weighted by atomic mass is 32.2. The third kappa shape index (κ3) is 7.58. The van der Waals surface area contributed by atoms with Crippen molar-refractivity contribution in [2.45, 2.75) is 13.3 Å². The van der Waals surface area contributed by atoms with E-state index in [1.807, 2.05) is 0 Å². The van der Waals surface area contributed by atoms with Crippen LogP contribution in [0.3, 0.4) is 0 Å². The van der Waals surface area contributed by atoms with E-state index in [1.54, 1.807) is 0 Å². The Hall–Kier alpha value is -0.420. The van der Waals surface area contributed by atoms with Gasteiger partial charge in [-0.05, 0) is 6.92 Å². The molecule has 54 valence electrons. The molecule has 0 saturated carbocycles. The maximum absolute atomic E-state index is 10.2. The summed E-state index contributed by atoms with van der Waals surface area (Å²) >= 11 is 0. The normalized spacial score (nSPS) is 11.3. The molecule has 5 heteroatoms. The van der Waals surface area contributed by atoms with E-state index in [4.69, 9.17) is 0 Å². The first-order chi connectivity index (χ1) is 3.92. The molecule has 0 amide bonds. The first-order valence-electron chi connectivity index (χ1n) is 2.42. The topological polar surface area (TPSA) is 77.2 Å². The molecular formula is C4H9NO3S. The molecule has 0 aromatic rings. The van der Waals surface area contributed by atoms with E-state index in [0.717, 1.165) is 0 Å². The lowest BCUT2D eigenvalue weighted by molar-refractivity contribution is -0.116. The predicted molar refractivity (Wildman–Crippen MR) is 33.3 cm³/mol. The molecule has 0 heterocycles. The van der Waals surface area contributed by atoms with Crippen molar-refractivity contribution >= 4 is 15.8 Å². The van der Waals surface area contributed by atoms with Gasteiger partial charge in [-0.2, -0.15) is 0 Å². The second-order valence-electron chi connectivity index (χ2n) is 1.82. The Bertz CT molecular complexity index is 194. The van der Waals surface area contributed by atoms with E-state index in [-0.39, 0.29) is 18.0 Å². The largest absolute Gasteiger partial charge is 0.300 e. The zero-order valence-corrected chi connectivity index (χ0v) is 5.94. The van der Waals surface area contributed by atoms with E-state index in [9.17, 15) is 13.2 Å². The first kappa shape index (κ1) is 8.58. The number of hydrogen-bond donors (Lipinski definition) is 1. The van der Waals surface area contributed by atoms with Gasteiger partial charge in [-0.15, -0.1) is 0 Å². The minimum absolute atomic E-state index is 0.0127. The molecule has 0 radical (unpaired) electrons. The molecule has 0 aliphatic heterocycles. The van der Waals surface area contributed by atoms with Crippen molar-refractivity contribution in [1.29, 1.82) is 0 Å². The Labute approximate surface area is 54.1 Å². The van der Waals surface area contributed by atoms with E-state index < -0.39 is 10.0 Å². The smallest absolute Gasteiger partial charge is 0.209 e. The summed E-state index contributed by atoms with van der Waals surface area (Å²) in [6.07, 6.45) is 0.0127. The average molecular weight is 151 g/mol. The zero-order chi connectivity index (χ0) is 7.49. The molecule has 0 aromatic heterocycles. The Kier molecular flexibility index (Phi) is 2.80. The number of sulfonamides is 1. The second kappa shape index (κ2) is 2.93. The summed E-state index contributed by atoms with van der Waals surface area (Å²) in [6.45, 7) is 1.32. The molecular weight excluding hydrogens is 142 g/mol. The Morgan fingerprint density at radius 2 is 2.00 bits per heavy atom. The highest BCUT2D eigenvalue weighted by Gasteiger charge is 2.03. The van der Waals surface area contributed by atoms with Crippen LogP contribution in [0, 0.1) is 0 Å². The lowest BCUT2D eigenvalue weighted by atomic mass is 10.4. The molecule has 9 heavy (non-hydrogen) atoms. The average Bonchev–Trinajstić information content (AvgIpc) is 1.59. The van der Waals surface area contributed by atoms with Crippen LogP contribution in [0.4, 0.5) is 0 Å². The number of ketones is 1. The van der Waals surface area contributed by atoms with Crippen LogP contribution in [0.5, 0.6) is 0 Å². The Morgan fingerprint density at radius 3 is 2.11 bits per heavy atom. The Morgan fingerprint density at radius 1 is 1.56 bits per heavy atom. The standard InChI is InChI=1S/C4H9NO3S/c1-4(6)2-3-9(5,7)8/h2-3H2,1H3,(H2,5,7,8). The van der Waals surface area contributed by atoms with Gasteiger partial charge in [-0.1, -0.05) is 0 Å². The number of carbonyl (C=O) groups excluding carboxylic acids is 1. The lowest BCUT2D eigenvalue weighted by Gasteiger charge is -1.91. The third-order valence-electron chi connectivity index (χ3n) is 0.739. The van der Waals surface area contributed by atoms with Crippen LogP contribution in [0.15, 0.2) is 0 Å². The Balaban J connectivity index is 3.67. The van der Waals surface area contributed by atoms with Crippen molar-refractivity contribution in [2.24, 2.45) is 5.14 Å². The number of hydrogen-bond acceptors (Lipinski definition) is 3. The van der Waals surface area contributed by atoms with Gasteiger partial charge in [0.1, 0.15) is 5.78 Å². The molecule has 0 unspecified atom stereocenters. The van der Waals surface area contributed by atoms with Crippen molar-refractivity contribution < 1.29 is 13.2 Å². The maximum atomic E-state index is 10.2. The summed E-state index contributed by atoms with van der Waals surface area (Å²) in [5, 5.41) is 4.60. The fourth-order valence-corrected chi connectivity index (χ4v) is 0.858. The minimum atomic E-state index is -3.44. The van der Waals surface area contributed by atoms with Crippen LogP contribution in [0.1, 0.15) is 13.3 Å². The summed E-state index contributed by atoms with van der Waals surface area (Å²) in [5.74, 6) is -0.411. The summed E-state index contributed by atoms with van der Waals surface area (Å²) in [6, 6.07) is 0. The van der Waals surface area contributed by atoms with Gasteiger partial charge in [0.25, 0.3) is 0 Å². The molecule has 0 aliphatic carbocycles. The second-order valence-corrected chi connectivity index (χ2v) is 3.55. The molecule has 4 nitrogen and oxygen atoms in total. The van der Waals surface area contributed by atoms with E-state index in [2.05, 4.69) is 5.14 Å². The number of Topliss-reactive ketones (excluding diaryl/α,β-unsaturated/α-hetero) is 1. The molecule has 0 aliphatic rings. The maximum Gasteiger partial charge on any atom is 0.209 e. The van der Waals surface area contributed by atoms with Crippen LogP contribution < -0.4 is 5.14 Å². The quantitative estimate of drug-likeness (QED) is 0.576. The highest BCUT2D eigenvalue weighted by molar-refractivity contribution is 7.89. The van der Waals surface area contributed by atoms with E-state index in [0.29, 0.717) is 0 Å². The summed E-state index contributed by atoms with van der Waals surface area (Å²) in [5.41, 5.74) is 0. The summed E-state index contributed by atoms with van der Waals surface area (Å²) < 4.78 is 20.3. The molecule has 0 aromatic carbocycles. The van der Waals surface area contributed by atoms with Gasteiger partial charge in [0.15, 0.2) is 0 Å². The van der Waals surface area contributed by atoms with Crippen molar-refractivity contribution in [3.8, 4) is 0 Å². The SMILES string of the molecule is CC(=O)CCS(N)(=O)=O. The van der Waals surface area contributed by atoms with Crippen LogP contribution >= 0.6 is 0 Å². The molecule has 0 spiro atoms. The van der Waals surface area contributed by atoms with Crippen LogP contribution in [-0.2, 0) is 14.8 Å². The van der Waals surface area contributed by atoms with Crippen LogP contribution in [0.25, 0.3) is 0 Å². The van der Waals surface area contributed by atoms with Crippen molar-refractivity contribution in [3.05, 3.63) is 0 Å². The van der Waals surface area contributed by atoms with Gasteiger partial charge in [-0.3, -0.25) is 4.79 Å². The molecule has 0 fully saturated rings. The van der Waals surface area contributed by atoms with Crippen LogP contribution in [0.2, 0.25) is 0 Å². The van der Waals surface area contributed by atoms with E-state index in [1.165, 1.54) is 6.92 Å². The van der Waals surface area contributed by atoms with Gasteiger partial charge in [-0.25, -0.2) is 13.6 Å². The van der Waals surface area contributed by atoms with E-state index >= 15 is 0 Å². The number of nitrogens with two attached hydrogens (primary N) is 1. The van der Waals surface area contributed by atoms with Gasteiger partial charge in [0, 0.05) is 6.42 Å². The zero-order valence-electron chi connectivity index (χ0n) is 5.12. The van der Waals surface area contributed by atoms with Crippen LogP contribution in [-0.4, -0.2) is 20.0 Å². The number of carbonyl (C=O) groups is 1. The minimum Gasteiger partial charge on any atom is -0.300 e. The molecule has 0 atom stereocenters. The number of primary sulfonamides is 1. The summed E-state index contributed by atoms with van der Waals surface area (Å²) in [4.78, 5) is 10.2. The molecule has 0 bridgehead atoms. The molecule has 2 N–H and O–H groups in total. The lowest BCUT2D eigenvalue weighted by Crippen LogP contribution is -2.17. The summed E-state index contributed by atoms with van der Waals surface area (Å²) in [7, 11) is -3.44.